The summed E-state index contributed by atoms with van der Waals surface area (Å²) in [5, 5.41) is 14.8. The van der Waals surface area contributed by atoms with Crippen molar-refractivity contribution in [2.75, 3.05) is 0 Å². The van der Waals surface area contributed by atoms with Gasteiger partial charge in [0.05, 0.1) is 11.8 Å². The van der Waals surface area contributed by atoms with Crippen LogP contribution in [0.25, 0.3) is 5.00 Å². The van der Waals surface area contributed by atoms with Gasteiger partial charge in [-0.15, -0.1) is 11.3 Å². The second kappa shape index (κ2) is 8.25. The summed E-state index contributed by atoms with van der Waals surface area (Å²) >= 11 is 1.70. The first-order valence-corrected chi connectivity index (χ1v) is 10.6. The highest BCUT2D eigenvalue weighted by molar-refractivity contribution is 7.15. The maximum absolute atomic E-state index is 13.0. The van der Waals surface area contributed by atoms with E-state index in [0.717, 1.165) is 46.8 Å². The van der Waals surface area contributed by atoms with Gasteiger partial charge in [-0.3, -0.25) is 4.79 Å². The van der Waals surface area contributed by atoms with E-state index in [4.69, 9.17) is 0 Å². The van der Waals surface area contributed by atoms with E-state index in [0.29, 0.717) is 5.56 Å². The number of nitrogens with zero attached hydrogens (tertiary/aromatic N) is 3. The van der Waals surface area contributed by atoms with Crippen LogP contribution >= 0.6 is 11.3 Å². The number of hydrogen-bond acceptors (Lipinski definition) is 4. The minimum Gasteiger partial charge on any atom is -0.308 e. The van der Waals surface area contributed by atoms with Gasteiger partial charge in [-0.1, -0.05) is 0 Å². The van der Waals surface area contributed by atoms with Gasteiger partial charge in [-0.2, -0.15) is 10.4 Å². The summed E-state index contributed by atoms with van der Waals surface area (Å²) in [6.07, 6.45) is 5.91. The first kappa shape index (κ1) is 20.0. The molecule has 2 heterocycles. The Hall–Kier alpha value is -3.24. The number of aryl methyl sites for hydroxylation is 2. The highest BCUT2D eigenvalue weighted by Crippen LogP contribution is 2.38. The molecule has 0 saturated carbocycles. The molecule has 0 spiro atoms. The van der Waals surface area contributed by atoms with Gasteiger partial charge in [0.15, 0.2) is 0 Å². The molecule has 1 N–H and O–H groups in total. The van der Waals surface area contributed by atoms with E-state index >= 15 is 0 Å². The minimum atomic E-state index is -0.405. The summed E-state index contributed by atoms with van der Waals surface area (Å²) in [7, 11) is 0. The molecular formula is C23H21FN4OS. The predicted molar refractivity (Wildman–Crippen MR) is 116 cm³/mol. The summed E-state index contributed by atoms with van der Waals surface area (Å²) in [6.45, 7) is 3.98. The van der Waals surface area contributed by atoms with E-state index in [2.05, 4.69) is 21.2 Å². The molecule has 1 aliphatic rings. The number of carbonyl (C=O) groups is 1. The number of nitriles is 1. The molecule has 3 aromatic rings. The van der Waals surface area contributed by atoms with Crippen molar-refractivity contribution < 1.29 is 9.18 Å². The van der Waals surface area contributed by atoms with Gasteiger partial charge in [0.1, 0.15) is 16.9 Å². The van der Waals surface area contributed by atoms with E-state index in [1.54, 1.807) is 17.6 Å². The number of nitrogens with one attached hydrogen (secondary N) is 1. The fourth-order valence-corrected chi connectivity index (χ4v) is 5.33. The molecule has 152 valence electrons. The second-order valence-electron chi connectivity index (χ2n) is 7.37. The fourth-order valence-electron chi connectivity index (χ4n) is 3.88. The zero-order chi connectivity index (χ0) is 21.3. The Morgan fingerprint density at radius 1 is 1.27 bits per heavy atom. The molecule has 4 rings (SSSR count). The summed E-state index contributed by atoms with van der Waals surface area (Å²) < 4.78 is 15.1. The van der Waals surface area contributed by atoms with Crippen molar-refractivity contribution in [2.24, 2.45) is 5.10 Å². The number of carbonyl (C=O) groups excluding carboxylic acids is 1. The van der Waals surface area contributed by atoms with Crippen molar-refractivity contribution in [3.05, 3.63) is 74.7 Å². The molecule has 0 unspecified atom stereocenters. The van der Waals surface area contributed by atoms with Crippen molar-refractivity contribution in [3.8, 4) is 11.1 Å². The first-order chi connectivity index (χ1) is 14.5. The lowest BCUT2D eigenvalue weighted by molar-refractivity contribution is 0.0955. The molecule has 1 aliphatic carbocycles. The fraction of sp³-hybridized carbons (Fsp3) is 0.261. The highest BCUT2D eigenvalue weighted by Gasteiger charge is 2.23. The molecule has 5 nitrogen and oxygen atoms in total. The average Bonchev–Trinajstić information content (AvgIpc) is 3.24. The van der Waals surface area contributed by atoms with Crippen LogP contribution in [-0.4, -0.2) is 16.7 Å². The van der Waals surface area contributed by atoms with Gasteiger partial charge in [-0.05, 0) is 75.4 Å². The van der Waals surface area contributed by atoms with Crippen LogP contribution in [0.5, 0.6) is 0 Å². The van der Waals surface area contributed by atoms with Crippen LogP contribution in [0.1, 0.15) is 56.2 Å². The van der Waals surface area contributed by atoms with E-state index in [1.165, 1.54) is 41.1 Å². The number of fused-ring (bicyclic) bond motifs is 1. The van der Waals surface area contributed by atoms with Crippen LogP contribution in [0.3, 0.4) is 0 Å². The van der Waals surface area contributed by atoms with Crippen molar-refractivity contribution >= 4 is 23.5 Å². The number of hydrogen-bond donors (Lipinski definition) is 1. The number of hydrazone groups is 1. The Morgan fingerprint density at radius 3 is 2.73 bits per heavy atom. The van der Waals surface area contributed by atoms with E-state index in [-0.39, 0.29) is 0 Å². The molecule has 30 heavy (non-hydrogen) atoms. The summed E-state index contributed by atoms with van der Waals surface area (Å²) in [5.41, 5.74) is 7.63. The quantitative estimate of drug-likeness (QED) is 0.486. The van der Waals surface area contributed by atoms with Crippen LogP contribution in [0, 0.1) is 31.0 Å². The van der Waals surface area contributed by atoms with Gasteiger partial charge in [0.25, 0.3) is 5.91 Å². The molecule has 0 radical (unpaired) electrons. The summed E-state index contributed by atoms with van der Waals surface area (Å²) in [4.78, 5) is 13.5. The minimum absolute atomic E-state index is 0.335. The normalized spacial score (nSPS) is 13.3. The molecule has 2 aromatic heterocycles. The van der Waals surface area contributed by atoms with Crippen LogP contribution in [0.4, 0.5) is 4.39 Å². The Bertz CT molecular complexity index is 1180. The third kappa shape index (κ3) is 3.66. The molecule has 0 bridgehead atoms. The third-order valence-corrected chi connectivity index (χ3v) is 6.69. The average molecular weight is 421 g/mol. The van der Waals surface area contributed by atoms with E-state index < -0.39 is 11.7 Å². The van der Waals surface area contributed by atoms with E-state index in [9.17, 15) is 14.4 Å². The molecule has 0 aliphatic heterocycles. The SMILES string of the molecule is Cc1cc(/C=N/NC(=O)c2ccc(F)cc2)c(C)n1-c1sc2c(c1C#N)CCCC2. The second-order valence-corrected chi connectivity index (χ2v) is 8.45. The summed E-state index contributed by atoms with van der Waals surface area (Å²) in [5.74, 6) is -0.799. The first-order valence-electron chi connectivity index (χ1n) is 9.82. The zero-order valence-electron chi connectivity index (χ0n) is 16.8. The topological polar surface area (TPSA) is 70.2 Å². The number of benzene rings is 1. The Labute approximate surface area is 178 Å². The van der Waals surface area contributed by atoms with E-state index in [1.807, 2.05) is 19.9 Å². The maximum atomic E-state index is 13.0. The van der Waals surface area contributed by atoms with Gasteiger partial charge in [0, 0.05) is 27.4 Å². The van der Waals surface area contributed by atoms with Crippen molar-refractivity contribution in [1.29, 1.82) is 5.26 Å². The number of amides is 1. The highest BCUT2D eigenvalue weighted by atomic mass is 32.1. The number of rotatable bonds is 4. The number of halogens is 1. The van der Waals surface area contributed by atoms with Crippen LogP contribution in [-0.2, 0) is 12.8 Å². The van der Waals surface area contributed by atoms with Gasteiger partial charge < -0.3 is 4.57 Å². The monoisotopic (exact) mass is 420 g/mol. The Kier molecular flexibility index (Phi) is 5.51. The molecular weight excluding hydrogens is 399 g/mol. The third-order valence-electron chi connectivity index (χ3n) is 5.41. The van der Waals surface area contributed by atoms with Gasteiger partial charge >= 0.3 is 0 Å². The molecule has 1 aromatic carbocycles. The zero-order valence-corrected chi connectivity index (χ0v) is 17.6. The van der Waals surface area contributed by atoms with Gasteiger partial charge in [0.2, 0.25) is 0 Å². The van der Waals surface area contributed by atoms with Crippen LogP contribution < -0.4 is 5.43 Å². The molecule has 0 atom stereocenters. The number of thiophene rings is 1. The molecule has 0 saturated heterocycles. The van der Waals surface area contributed by atoms with Crippen LogP contribution in [0.2, 0.25) is 0 Å². The standard InChI is InChI=1S/C23H21FN4OS/c1-14-11-17(13-26-27-22(29)16-7-9-18(24)10-8-16)15(2)28(14)23-20(12-25)19-5-3-4-6-21(19)30-23/h7-11,13H,3-6H2,1-2H3,(H,27,29)/b26-13+. The van der Waals surface area contributed by atoms with Crippen LogP contribution in [0.15, 0.2) is 35.4 Å². The lowest BCUT2D eigenvalue weighted by atomic mass is 9.96. The lowest BCUT2D eigenvalue weighted by Crippen LogP contribution is -2.17. The summed E-state index contributed by atoms with van der Waals surface area (Å²) in [6, 6.07) is 9.70. The van der Waals surface area contributed by atoms with Gasteiger partial charge in [-0.25, -0.2) is 9.82 Å². The molecule has 1 amide bonds. The molecule has 0 fully saturated rings. The largest absolute Gasteiger partial charge is 0.308 e. The lowest BCUT2D eigenvalue weighted by Gasteiger charge is -2.10. The number of aromatic nitrogens is 1. The Morgan fingerprint density at radius 2 is 2.00 bits per heavy atom. The molecule has 7 heteroatoms. The predicted octanol–water partition coefficient (Wildman–Crippen LogP) is 4.81. The maximum Gasteiger partial charge on any atom is 0.271 e. The smallest absolute Gasteiger partial charge is 0.271 e. The van der Waals surface area contributed by atoms with Crippen molar-refractivity contribution in [2.45, 2.75) is 39.5 Å². The van der Waals surface area contributed by atoms with Crippen molar-refractivity contribution in [3.63, 3.8) is 0 Å². The Balaban J connectivity index is 1.59. The van der Waals surface area contributed by atoms with Crippen molar-refractivity contribution in [1.82, 2.24) is 9.99 Å².